The molecule has 1 aromatic carbocycles. The highest BCUT2D eigenvalue weighted by atomic mass is 16.5. The SMILES string of the molecule is COc1ccc(CCN2CC(C)(C)Cn3c2nc(-c2ccncn2)cc3=O)cc1OC. The Labute approximate surface area is 181 Å². The van der Waals surface area contributed by atoms with Crippen molar-refractivity contribution >= 4 is 5.95 Å². The summed E-state index contributed by atoms with van der Waals surface area (Å²) in [6.07, 6.45) is 3.90. The minimum Gasteiger partial charge on any atom is -0.493 e. The monoisotopic (exact) mass is 421 g/mol. The van der Waals surface area contributed by atoms with E-state index in [0.717, 1.165) is 25.1 Å². The van der Waals surface area contributed by atoms with E-state index in [2.05, 4.69) is 28.7 Å². The van der Waals surface area contributed by atoms with Crippen LogP contribution in [0.3, 0.4) is 0 Å². The molecule has 0 aliphatic carbocycles. The highest BCUT2D eigenvalue weighted by molar-refractivity contribution is 5.55. The first-order chi connectivity index (χ1) is 14.9. The number of ether oxygens (including phenoxy) is 2. The Balaban J connectivity index is 1.66. The fraction of sp³-hybridized carbons (Fsp3) is 0.391. The highest BCUT2D eigenvalue weighted by Crippen LogP contribution is 2.31. The molecule has 2 aromatic heterocycles. The molecule has 0 spiro atoms. The number of methoxy groups -OCH3 is 2. The fourth-order valence-electron chi connectivity index (χ4n) is 4.00. The summed E-state index contributed by atoms with van der Waals surface area (Å²) in [5.41, 5.74) is 2.21. The van der Waals surface area contributed by atoms with Gasteiger partial charge in [-0.05, 0) is 30.2 Å². The van der Waals surface area contributed by atoms with E-state index in [1.165, 1.54) is 6.33 Å². The van der Waals surface area contributed by atoms with E-state index in [9.17, 15) is 4.79 Å². The molecule has 0 saturated carbocycles. The van der Waals surface area contributed by atoms with Crippen molar-refractivity contribution < 1.29 is 9.47 Å². The molecule has 0 unspecified atom stereocenters. The van der Waals surface area contributed by atoms with Crippen molar-refractivity contribution in [2.45, 2.75) is 26.8 Å². The smallest absolute Gasteiger partial charge is 0.255 e. The zero-order valence-corrected chi connectivity index (χ0v) is 18.3. The molecular formula is C23H27N5O3. The van der Waals surface area contributed by atoms with Gasteiger partial charge in [-0.1, -0.05) is 19.9 Å². The van der Waals surface area contributed by atoms with Gasteiger partial charge < -0.3 is 14.4 Å². The Bertz CT molecular complexity index is 1130. The lowest BCUT2D eigenvalue weighted by Gasteiger charge is -2.40. The minimum absolute atomic E-state index is 0.0491. The van der Waals surface area contributed by atoms with Gasteiger partial charge in [0.05, 0.1) is 25.6 Å². The molecule has 0 radical (unpaired) electrons. The fourth-order valence-corrected chi connectivity index (χ4v) is 4.00. The molecule has 3 heterocycles. The Morgan fingerprint density at radius 1 is 1.03 bits per heavy atom. The summed E-state index contributed by atoms with van der Waals surface area (Å²) in [4.78, 5) is 28.2. The third-order valence-electron chi connectivity index (χ3n) is 5.44. The molecule has 0 atom stereocenters. The van der Waals surface area contributed by atoms with Crippen LogP contribution in [0.1, 0.15) is 19.4 Å². The van der Waals surface area contributed by atoms with Crippen LogP contribution in [0.5, 0.6) is 11.5 Å². The van der Waals surface area contributed by atoms with Gasteiger partial charge in [0.25, 0.3) is 5.56 Å². The molecule has 31 heavy (non-hydrogen) atoms. The number of hydrogen-bond donors (Lipinski definition) is 0. The van der Waals surface area contributed by atoms with Crippen molar-refractivity contribution in [3.63, 3.8) is 0 Å². The Hall–Kier alpha value is -3.42. The van der Waals surface area contributed by atoms with Crippen molar-refractivity contribution in [2.75, 3.05) is 32.2 Å². The topological polar surface area (TPSA) is 82.4 Å². The average molecular weight is 422 g/mol. The number of hydrogen-bond acceptors (Lipinski definition) is 7. The lowest BCUT2D eigenvalue weighted by molar-refractivity contribution is 0.274. The zero-order valence-electron chi connectivity index (χ0n) is 18.3. The van der Waals surface area contributed by atoms with Crippen LogP contribution in [0.25, 0.3) is 11.4 Å². The summed E-state index contributed by atoms with van der Waals surface area (Å²) >= 11 is 0. The Kier molecular flexibility index (Phi) is 5.63. The summed E-state index contributed by atoms with van der Waals surface area (Å²) in [6.45, 7) is 6.50. The second kappa shape index (κ2) is 8.37. The first-order valence-corrected chi connectivity index (χ1v) is 10.2. The quantitative estimate of drug-likeness (QED) is 0.605. The van der Waals surface area contributed by atoms with E-state index < -0.39 is 0 Å². The van der Waals surface area contributed by atoms with Crippen LogP contribution < -0.4 is 19.9 Å². The normalized spacial score (nSPS) is 14.8. The molecule has 8 nitrogen and oxygen atoms in total. The van der Waals surface area contributed by atoms with Gasteiger partial charge >= 0.3 is 0 Å². The van der Waals surface area contributed by atoms with Gasteiger partial charge in [0.2, 0.25) is 5.95 Å². The number of aromatic nitrogens is 4. The third kappa shape index (κ3) is 4.38. The molecule has 0 fully saturated rings. The first kappa shape index (κ1) is 20.8. The second-order valence-electron chi connectivity index (χ2n) is 8.49. The van der Waals surface area contributed by atoms with E-state index in [4.69, 9.17) is 14.5 Å². The maximum absolute atomic E-state index is 12.9. The number of anilines is 1. The Morgan fingerprint density at radius 2 is 1.84 bits per heavy atom. The largest absolute Gasteiger partial charge is 0.493 e. The minimum atomic E-state index is -0.0671. The molecule has 162 valence electrons. The molecular weight excluding hydrogens is 394 g/mol. The van der Waals surface area contributed by atoms with Crippen molar-refractivity contribution in [3.05, 3.63) is 58.8 Å². The van der Waals surface area contributed by atoms with Crippen LogP contribution in [0.15, 0.2) is 47.7 Å². The maximum Gasteiger partial charge on any atom is 0.255 e. The van der Waals surface area contributed by atoms with Crippen LogP contribution >= 0.6 is 0 Å². The van der Waals surface area contributed by atoms with Gasteiger partial charge in [-0.25, -0.2) is 15.0 Å². The Morgan fingerprint density at radius 3 is 2.55 bits per heavy atom. The molecule has 1 aliphatic rings. The van der Waals surface area contributed by atoms with Gasteiger partial charge in [0, 0.05) is 37.3 Å². The first-order valence-electron chi connectivity index (χ1n) is 10.2. The van der Waals surface area contributed by atoms with Crippen molar-refractivity contribution in [3.8, 4) is 22.9 Å². The lowest BCUT2D eigenvalue weighted by Crippen LogP contribution is -2.48. The van der Waals surface area contributed by atoms with Crippen LogP contribution in [0.4, 0.5) is 5.95 Å². The van der Waals surface area contributed by atoms with Gasteiger partial charge in [-0.2, -0.15) is 0 Å². The number of nitrogens with zero attached hydrogens (tertiary/aromatic N) is 5. The second-order valence-corrected chi connectivity index (χ2v) is 8.49. The summed E-state index contributed by atoms with van der Waals surface area (Å²) in [6, 6.07) is 9.26. The van der Waals surface area contributed by atoms with Crippen molar-refractivity contribution in [2.24, 2.45) is 5.41 Å². The zero-order chi connectivity index (χ0) is 22.0. The summed E-state index contributed by atoms with van der Waals surface area (Å²) < 4.78 is 12.5. The van der Waals surface area contributed by atoms with E-state index in [1.54, 1.807) is 37.1 Å². The number of fused-ring (bicyclic) bond motifs is 1. The van der Waals surface area contributed by atoms with E-state index >= 15 is 0 Å². The molecule has 0 amide bonds. The van der Waals surface area contributed by atoms with Crippen molar-refractivity contribution in [1.82, 2.24) is 19.5 Å². The third-order valence-corrected chi connectivity index (χ3v) is 5.44. The van der Waals surface area contributed by atoms with Gasteiger partial charge in [0.15, 0.2) is 11.5 Å². The molecule has 0 N–H and O–H groups in total. The lowest BCUT2D eigenvalue weighted by atomic mass is 9.91. The number of rotatable bonds is 6. The molecule has 4 rings (SSSR count). The van der Waals surface area contributed by atoms with Gasteiger partial charge in [0.1, 0.15) is 6.33 Å². The molecule has 0 saturated heterocycles. The summed E-state index contributed by atoms with van der Waals surface area (Å²) in [5.74, 6) is 2.10. The maximum atomic E-state index is 12.9. The highest BCUT2D eigenvalue weighted by Gasteiger charge is 2.32. The van der Waals surface area contributed by atoms with E-state index in [1.807, 2.05) is 18.2 Å². The standard InChI is InChI=1S/C23H27N5O3/c1-23(2)13-27(10-8-16-5-6-19(30-3)20(11-16)31-4)22-26-18(12-21(29)28(22)14-23)17-7-9-24-15-25-17/h5-7,9,11-12,15H,8,10,13-14H2,1-4H3. The summed E-state index contributed by atoms with van der Waals surface area (Å²) in [7, 11) is 3.26. The van der Waals surface area contributed by atoms with Crippen LogP contribution in [-0.2, 0) is 13.0 Å². The average Bonchev–Trinajstić information content (AvgIpc) is 2.77. The predicted molar refractivity (Wildman–Crippen MR) is 119 cm³/mol. The molecule has 8 heteroatoms. The number of benzene rings is 1. The predicted octanol–water partition coefficient (Wildman–Crippen LogP) is 2.81. The van der Waals surface area contributed by atoms with Gasteiger partial charge in [-0.3, -0.25) is 9.36 Å². The van der Waals surface area contributed by atoms with E-state index in [0.29, 0.717) is 35.4 Å². The van der Waals surface area contributed by atoms with Crippen LogP contribution in [-0.4, -0.2) is 46.8 Å². The summed E-state index contributed by atoms with van der Waals surface area (Å²) in [5, 5.41) is 0. The van der Waals surface area contributed by atoms with Gasteiger partial charge in [-0.15, -0.1) is 0 Å². The molecule has 1 aliphatic heterocycles. The molecule has 0 bridgehead atoms. The van der Waals surface area contributed by atoms with E-state index in [-0.39, 0.29) is 11.0 Å². The molecule has 3 aromatic rings. The van der Waals surface area contributed by atoms with Crippen molar-refractivity contribution in [1.29, 1.82) is 0 Å². The van der Waals surface area contributed by atoms with Crippen LogP contribution in [0.2, 0.25) is 0 Å². The van der Waals surface area contributed by atoms with Crippen LogP contribution in [0, 0.1) is 5.41 Å².